The lowest BCUT2D eigenvalue weighted by atomic mass is 10.1. The maximum atomic E-state index is 11.6. The highest BCUT2D eigenvalue weighted by atomic mass is 16.5. The Morgan fingerprint density at radius 1 is 1.71 bits per heavy atom. The van der Waals surface area contributed by atoms with Crippen LogP contribution in [-0.4, -0.2) is 47.3 Å². The van der Waals surface area contributed by atoms with Crippen LogP contribution in [0.25, 0.3) is 0 Å². The van der Waals surface area contributed by atoms with Gasteiger partial charge in [0.1, 0.15) is 5.60 Å². The molecule has 0 aromatic rings. The van der Waals surface area contributed by atoms with E-state index in [1.807, 2.05) is 6.07 Å². The smallest absolute Gasteiger partial charge is 0.254 e. The lowest BCUT2D eigenvalue weighted by molar-refractivity contribution is -0.153. The summed E-state index contributed by atoms with van der Waals surface area (Å²) < 4.78 is 5.08. The molecular weight excluding hydrogens is 184 g/mol. The van der Waals surface area contributed by atoms with Gasteiger partial charge in [0.05, 0.1) is 19.2 Å². The third-order valence-corrected chi connectivity index (χ3v) is 2.02. The summed E-state index contributed by atoms with van der Waals surface area (Å²) in [5.74, 6) is -0.360. The minimum Gasteiger partial charge on any atom is -0.381 e. The van der Waals surface area contributed by atoms with Crippen molar-refractivity contribution < 1.29 is 14.6 Å². The first-order valence-electron chi connectivity index (χ1n) is 4.48. The number of carbonyl (C=O) groups is 1. The van der Waals surface area contributed by atoms with Crippen LogP contribution in [0.15, 0.2) is 0 Å². The summed E-state index contributed by atoms with van der Waals surface area (Å²) in [5, 5.41) is 18.1. The number of rotatable bonds is 1. The molecule has 1 amide bonds. The second-order valence-corrected chi connectivity index (χ2v) is 3.80. The van der Waals surface area contributed by atoms with E-state index in [4.69, 9.17) is 10.00 Å². The molecule has 1 aliphatic rings. The number of nitriles is 1. The maximum Gasteiger partial charge on any atom is 0.254 e. The maximum absolute atomic E-state index is 11.6. The fourth-order valence-electron chi connectivity index (χ4n) is 1.30. The number of hydrogen-bond donors (Lipinski definition) is 1. The van der Waals surface area contributed by atoms with E-state index in [1.165, 1.54) is 18.7 Å². The third kappa shape index (κ3) is 2.44. The van der Waals surface area contributed by atoms with Gasteiger partial charge in [0.25, 0.3) is 5.91 Å². The van der Waals surface area contributed by atoms with Crippen LogP contribution in [0.5, 0.6) is 0 Å². The molecule has 5 heteroatoms. The van der Waals surface area contributed by atoms with Gasteiger partial charge in [-0.3, -0.25) is 4.79 Å². The highest BCUT2D eigenvalue weighted by Gasteiger charge is 2.32. The van der Waals surface area contributed by atoms with Gasteiger partial charge >= 0.3 is 0 Å². The number of ether oxygens (including phenoxy) is 1. The summed E-state index contributed by atoms with van der Waals surface area (Å²) in [5.41, 5.74) is -1.38. The van der Waals surface area contributed by atoms with Gasteiger partial charge in [0.15, 0.2) is 6.10 Å². The van der Waals surface area contributed by atoms with Crippen molar-refractivity contribution in [3.63, 3.8) is 0 Å². The Labute approximate surface area is 82.9 Å². The summed E-state index contributed by atoms with van der Waals surface area (Å²) in [6.07, 6.45) is -0.574. The van der Waals surface area contributed by atoms with E-state index in [1.54, 1.807) is 0 Å². The first-order chi connectivity index (χ1) is 6.45. The van der Waals surface area contributed by atoms with Gasteiger partial charge in [-0.15, -0.1) is 0 Å². The van der Waals surface area contributed by atoms with Gasteiger partial charge in [-0.1, -0.05) is 0 Å². The molecule has 1 N–H and O–H groups in total. The van der Waals surface area contributed by atoms with Gasteiger partial charge in [-0.25, -0.2) is 0 Å². The third-order valence-electron chi connectivity index (χ3n) is 2.02. The molecule has 0 aliphatic carbocycles. The van der Waals surface area contributed by atoms with Crippen molar-refractivity contribution in [3.8, 4) is 6.07 Å². The summed E-state index contributed by atoms with van der Waals surface area (Å²) in [7, 11) is 0. The largest absolute Gasteiger partial charge is 0.381 e. The second-order valence-electron chi connectivity index (χ2n) is 3.80. The minimum atomic E-state index is -1.38. The van der Waals surface area contributed by atoms with Crippen LogP contribution in [0.2, 0.25) is 0 Å². The number of nitrogens with zero attached hydrogens (tertiary/aromatic N) is 2. The zero-order chi connectivity index (χ0) is 10.8. The van der Waals surface area contributed by atoms with E-state index >= 15 is 0 Å². The Bertz CT molecular complexity index is 264. The van der Waals surface area contributed by atoms with Crippen molar-refractivity contribution in [1.29, 1.82) is 5.26 Å². The molecule has 0 bridgehead atoms. The van der Waals surface area contributed by atoms with Crippen LogP contribution < -0.4 is 0 Å². The predicted molar refractivity (Wildman–Crippen MR) is 48.2 cm³/mol. The number of aliphatic hydroxyl groups is 1. The van der Waals surface area contributed by atoms with E-state index in [-0.39, 0.29) is 12.5 Å². The predicted octanol–water partition coefficient (Wildman–Crippen LogP) is -0.492. The molecule has 14 heavy (non-hydrogen) atoms. The Hall–Kier alpha value is -1.12. The standard InChI is InChI=1S/C9H14N2O3/c1-9(2,13)8(12)11-3-4-14-7(5-10)6-11/h7,13H,3-4,6H2,1-2H3. The molecule has 78 valence electrons. The molecule has 0 spiro atoms. The quantitative estimate of drug-likeness (QED) is 0.617. The lowest BCUT2D eigenvalue weighted by Crippen LogP contribution is -2.52. The fraction of sp³-hybridized carbons (Fsp3) is 0.778. The van der Waals surface area contributed by atoms with E-state index in [9.17, 15) is 9.90 Å². The van der Waals surface area contributed by atoms with Crippen molar-refractivity contribution in [2.45, 2.75) is 25.6 Å². The Morgan fingerprint density at radius 3 is 2.86 bits per heavy atom. The van der Waals surface area contributed by atoms with Gasteiger partial charge in [-0.05, 0) is 13.8 Å². The van der Waals surface area contributed by atoms with Crippen LogP contribution in [0.4, 0.5) is 0 Å². The highest BCUT2D eigenvalue weighted by Crippen LogP contribution is 2.11. The molecule has 1 saturated heterocycles. The first kappa shape index (κ1) is 11.0. The van der Waals surface area contributed by atoms with Crippen molar-refractivity contribution in [1.82, 2.24) is 4.90 Å². The minimum absolute atomic E-state index is 0.235. The molecule has 5 nitrogen and oxygen atoms in total. The van der Waals surface area contributed by atoms with Crippen molar-refractivity contribution in [2.75, 3.05) is 19.7 Å². The van der Waals surface area contributed by atoms with Crippen LogP contribution in [0.1, 0.15) is 13.8 Å². The first-order valence-corrected chi connectivity index (χ1v) is 4.48. The van der Waals surface area contributed by atoms with E-state index in [0.717, 1.165) is 0 Å². The van der Waals surface area contributed by atoms with Crippen LogP contribution in [0, 0.1) is 11.3 Å². The van der Waals surface area contributed by atoms with Gasteiger partial charge in [0.2, 0.25) is 0 Å². The molecule has 1 heterocycles. The van der Waals surface area contributed by atoms with E-state index in [0.29, 0.717) is 13.2 Å². The number of carbonyl (C=O) groups excluding carboxylic acids is 1. The molecule has 1 aliphatic heterocycles. The Kier molecular flexibility index (Phi) is 3.09. The topological polar surface area (TPSA) is 73.6 Å². The summed E-state index contributed by atoms with van der Waals surface area (Å²) in [6.45, 7) is 3.89. The van der Waals surface area contributed by atoms with Crippen LogP contribution >= 0.6 is 0 Å². The molecule has 1 fully saturated rings. The number of hydrogen-bond acceptors (Lipinski definition) is 4. The Morgan fingerprint density at radius 2 is 2.36 bits per heavy atom. The van der Waals surface area contributed by atoms with Crippen molar-refractivity contribution in [2.24, 2.45) is 0 Å². The number of morpholine rings is 1. The average molecular weight is 198 g/mol. The molecule has 1 rings (SSSR count). The molecule has 1 unspecified atom stereocenters. The average Bonchev–Trinajstić information content (AvgIpc) is 2.15. The zero-order valence-electron chi connectivity index (χ0n) is 8.36. The Balaban J connectivity index is 2.62. The highest BCUT2D eigenvalue weighted by molar-refractivity contribution is 5.84. The van der Waals surface area contributed by atoms with Gasteiger partial charge in [0, 0.05) is 6.54 Å². The lowest BCUT2D eigenvalue weighted by Gasteiger charge is -2.33. The summed E-state index contributed by atoms with van der Waals surface area (Å²) >= 11 is 0. The van der Waals surface area contributed by atoms with Crippen LogP contribution in [0.3, 0.4) is 0 Å². The summed E-state index contributed by atoms with van der Waals surface area (Å²) in [6, 6.07) is 1.94. The van der Waals surface area contributed by atoms with Gasteiger partial charge in [-0.2, -0.15) is 5.26 Å². The second kappa shape index (κ2) is 3.95. The molecular formula is C9H14N2O3. The van der Waals surface area contributed by atoms with Crippen molar-refractivity contribution in [3.05, 3.63) is 0 Å². The monoisotopic (exact) mass is 198 g/mol. The molecule has 0 aromatic heterocycles. The van der Waals surface area contributed by atoms with Gasteiger partial charge < -0.3 is 14.7 Å². The molecule has 0 saturated carbocycles. The zero-order valence-corrected chi connectivity index (χ0v) is 8.36. The van der Waals surface area contributed by atoms with Crippen LogP contribution in [-0.2, 0) is 9.53 Å². The molecule has 0 aromatic carbocycles. The normalized spacial score (nSPS) is 23.0. The fourth-order valence-corrected chi connectivity index (χ4v) is 1.30. The van der Waals surface area contributed by atoms with E-state index < -0.39 is 11.7 Å². The summed E-state index contributed by atoms with van der Waals surface area (Å²) in [4.78, 5) is 13.0. The van der Waals surface area contributed by atoms with Crippen molar-refractivity contribution >= 4 is 5.91 Å². The molecule has 0 radical (unpaired) electrons. The SMILES string of the molecule is CC(C)(O)C(=O)N1CCOC(C#N)C1. The number of amides is 1. The van der Waals surface area contributed by atoms with E-state index in [2.05, 4.69) is 0 Å². The molecule has 1 atom stereocenters.